The fourth-order valence-corrected chi connectivity index (χ4v) is 5.92. The van der Waals surface area contributed by atoms with Gasteiger partial charge in [0.2, 0.25) is 11.8 Å². The lowest BCUT2D eigenvalue weighted by atomic mass is 10.1. The lowest BCUT2D eigenvalue weighted by Gasteiger charge is -2.32. The number of hydrogen-bond donors (Lipinski definition) is 1. The number of carbonyl (C=O) groups excluding carboxylic acids is 2. The zero-order chi connectivity index (χ0) is 30.3. The van der Waals surface area contributed by atoms with E-state index in [-0.39, 0.29) is 39.0 Å². The molecule has 0 saturated heterocycles. The van der Waals surface area contributed by atoms with E-state index in [0.29, 0.717) is 12.3 Å². The maximum atomic E-state index is 14.0. The molecule has 41 heavy (non-hydrogen) atoms. The van der Waals surface area contributed by atoms with Crippen molar-refractivity contribution in [2.75, 3.05) is 24.5 Å². The highest BCUT2D eigenvalue weighted by molar-refractivity contribution is 7.92. The summed E-state index contributed by atoms with van der Waals surface area (Å²) >= 11 is 12.5. The van der Waals surface area contributed by atoms with Crippen LogP contribution in [0, 0.1) is 12.8 Å². The summed E-state index contributed by atoms with van der Waals surface area (Å²) in [5, 5.41) is 3.28. The summed E-state index contributed by atoms with van der Waals surface area (Å²) in [4.78, 5) is 28.4. The molecule has 0 aliphatic rings. The standard InChI is InChI=1S/C30H35Cl2N3O5S/c1-20(2)17-33-30(37)22(4)34(18-23-8-10-27(40-5)11-9-23)29(36)19-35(26-15-24(31)14-25(32)16-26)41(38,39)28-12-6-21(3)7-13-28/h6-16,20,22H,17-19H2,1-5H3,(H,33,37). The van der Waals surface area contributed by atoms with Crippen LogP contribution < -0.4 is 14.4 Å². The second kappa shape index (κ2) is 14.1. The summed E-state index contributed by atoms with van der Waals surface area (Å²) in [5.41, 5.74) is 1.74. The van der Waals surface area contributed by atoms with Crippen LogP contribution in [0.25, 0.3) is 0 Å². The van der Waals surface area contributed by atoms with Crippen LogP contribution in [0.15, 0.2) is 71.6 Å². The van der Waals surface area contributed by atoms with Gasteiger partial charge in [0.25, 0.3) is 10.0 Å². The second-order valence-corrected chi connectivity index (χ2v) is 12.9. The van der Waals surface area contributed by atoms with Crippen molar-refractivity contribution in [2.24, 2.45) is 5.92 Å². The van der Waals surface area contributed by atoms with E-state index in [4.69, 9.17) is 27.9 Å². The van der Waals surface area contributed by atoms with E-state index in [0.717, 1.165) is 15.4 Å². The molecule has 0 spiro atoms. The van der Waals surface area contributed by atoms with Gasteiger partial charge in [-0.05, 0) is 67.8 Å². The average molecular weight is 621 g/mol. The molecule has 8 nitrogen and oxygen atoms in total. The number of aryl methyl sites for hydroxylation is 1. The Morgan fingerprint density at radius 3 is 2.05 bits per heavy atom. The van der Waals surface area contributed by atoms with Gasteiger partial charge in [-0.25, -0.2) is 8.42 Å². The quantitative estimate of drug-likeness (QED) is 0.281. The molecule has 0 bridgehead atoms. The molecule has 1 unspecified atom stereocenters. The van der Waals surface area contributed by atoms with Crippen LogP contribution in [-0.2, 0) is 26.2 Å². The molecule has 0 radical (unpaired) electrons. The molecule has 3 aromatic rings. The number of benzene rings is 3. The number of carbonyl (C=O) groups is 2. The van der Waals surface area contributed by atoms with Gasteiger partial charge in [-0.1, -0.05) is 66.9 Å². The molecule has 1 N–H and O–H groups in total. The molecule has 3 rings (SSSR count). The highest BCUT2D eigenvalue weighted by Crippen LogP contribution is 2.30. The van der Waals surface area contributed by atoms with Crippen LogP contribution in [0.1, 0.15) is 31.9 Å². The first-order chi connectivity index (χ1) is 19.3. The van der Waals surface area contributed by atoms with Crippen LogP contribution in [0.4, 0.5) is 5.69 Å². The van der Waals surface area contributed by atoms with Crippen molar-refractivity contribution in [3.05, 3.63) is 87.9 Å². The van der Waals surface area contributed by atoms with Crippen molar-refractivity contribution in [2.45, 2.75) is 45.2 Å². The smallest absolute Gasteiger partial charge is 0.264 e. The molecule has 0 aliphatic carbocycles. The topological polar surface area (TPSA) is 96.0 Å². The number of ether oxygens (including phenoxy) is 1. The third kappa shape index (κ3) is 8.61. The minimum absolute atomic E-state index is 0.00331. The number of nitrogens with one attached hydrogen (secondary N) is 1. The molecule has 0 fully saturated rings. The molecule has 0 saturated carbocycles. The van der Waals surface area contributed by atoms with Gasteiger partial charge in [-0.3, -0.25) is 13.9 Å². The van der Waals surface area contributed by atoms with Crippen molar-refractivity contribution in [1.82, 2.24) is 10.2 Å². The second-order valence-electron chi connectivity index (χ2n) is 10.1. The molecule has 220 valence electrons. The molecule has 0 aromatic heterocycles. The van der Waals surface area contributed by atoms with E-state index in [1.165, 1.54) is 35.2 Å². The fraction of sp³-hybridized carbons (Fsp3) is 0.333. The van der Waals surface area contributed by atoms with Gasteiger partial charge in [-0.15, -0.1) is 0 Å². The van der Waals surface area contributed by atoms with Crippen molar-refractivity contribution < 1.29 is 22.7 Å². The van der Waals surface area contributed by atoms with E-state index >= 15 is 0 Å². The van der Waals surface area contributed by atoms with Crippen LogP contribution in [-0.4, -0.2) is 51.4 Å². The zero-order valence-electron chi connectivity index (χ0n) is 23.7. The predicted molar refractivity (Wildman–Crippen MR) is 163 cm³/mol. The van der Waals surface area contributed by atoms with Crippen LogP contribution >= 0.6 is 23.2 Å². The normalized spacial score (nSPS) is 12.1. The monoisotopic (exact) mass is 619 g/mol. The van der Waals surface area contributed by atoms with Gasteiger partial charge in [0.15, 0.2) is 0 Å². The van der Waals surface area contributed by atoms with Crippen molar-refractivity contribution in [3.8, 4) is 5.75 Å². The summed E-state index contributed by atoms with van der Waals surface area (Å²) in [6, 6.07) is 16.8. The number of sulfonamides is 1. The number of nitrogens with zero attached hydrogens (tertiary/aromatic N) is 2. The maximum absolute atomic E-state index is 14.0. The minimum atomic E-state index is -4.23. The SMILES string of the molecule is COc1ccc(CN(C(=O)CN(c2cc(Cl)cc(Cl)c2)S(=O)(=O)c2ccc(C)cc2)C(C)C(=O)NCC(C)C)cc1. The first-order valence-corrected chi connectivity index (χ1v) is 15.3. The molecule has 0 heterocycles. The number of rotatable bonds is 12. The van der Waals surface area contributed by atoms with Crippen LogP contribution in [0.2, 0.25) is 10.0 Å². The highest BCUT2D eigenvalue weighted by Gasteiger charge is 2.33. The summed E-state index contributed by atoms with van der Waals surface area (Å²) in [6.45, 7) is 7.30. The lowest BCUT2D eigenvalue weighted by molar-refractivity contribution is -0.139. The first kappa shape index (κ1) is 32.2. The van der Waals surface area contributed by atoms with Crippen LogP contribution in [0.3, 0.4) is 0 Å². The highest BCUT2D eigenvalue weighted by atomic mass is 35.5. The molecular formula is C30H35Cl2N3O5S. The Morgan fingerprint density at radius 2 is 1.51 bits per heavy atom. The van der Waals surface area contributed by atoms with Gasteiger partial charge in [0.05, 0.1) is 17.7 Å². The third-order valence-electron chi connectivity index (χ3n) is 6.39. The number of methoxy groups -OCH3 is 1. The van der Waals surface area contributed by atoms with Gasteiger partial charge >= 0.3 is 0 Å². The predicted octanol–water partition coefficient (Wildman–Crippen LogP) is 5.70. The van der Waals surface area contributed by atoms with Crippen molar-refractivity contribution in [1.29, 1.82) is 0 Å². The molecule has 11 heteroatoms. The molecular weight excluding hydrogens is 585 g/mol. The van der Waals surface area contributed by atoms with E-state index < -0.39 is 28.5 Å². The van der Waals surface area contributed by atoms with E-state index in [1.807, 2.05) is 20.8 Å². The Labute approximate surface area is 252 Å². The summed E-state index contributed by atoms with van der Waals surface area (Å²) in [6.07, 6.45) is 0. The van der Waals surface area contributed by atoms with Gasteiger partial charge in [-0.2, -0.15) is 0 Å². The van der Waals surface area contributed by atoms with Gasteiger partial charge < -0.3 is 15.0 Å². The summed E-state index contributed by atoms with van der Waals surface area (Å²) in [7, 11) is -2.68. The van der Waals surface area contributed by atoms with Crippen molar-refractivity contribution in [3.63, 3.8) is 0 Å². The molecule has 3 aromatic carbocycles. The van der Waals surface area contributed by atoms with Gasteiger partial charge in [0.1, 0.15) is 18.3 Å². The molecule has 0 aliphatic heterocycles. The van der Waals surface area contributed by atoms with Gasteiger partial charge in [0, 0.05) is 23.1 Å². The Bertz CT molecular complexity index is 1440. The number of hydrogen-bond acceptors (Lipinski definition) is 5. The largest absolute Gasteiger partial charge is 0.497 e. The van der Waals surface area contributed by atoms with E-state index in [9.17, 15) is 18.0 Å². The Morgan fingerprint density at radius 1 is 0.927 bits per heavy atom. The number of halogens is 2. The summed E-state index contributed by atoms with van der Waals surface area (Å²) < 4.78 is 34.0. The maximum Gasteiger partial charge on any atom is 0.264 e. The number of anilines is 1. The molecule has 2 amide bonds. The Kier molecular flexibility index (Phi) is 11.1. The first-order valence-electron chi connectivity index (χ1n) is 13.1. The number of amides is 2. The third-order valence-corrected chi connectivity index (χ3v) is 8.61. The Balaban J connectivity index is 2.04. The van der Waals surface area contributed by atoms with Crippen molar-refractivity contribution >= 4 is 50.7 Å². The van der Waals surface area contributed by atoms with E-state index in [1.54, 1.807) is 50.4 Å². The zero-order valence-corrected chi connectivity index (χ0v) is 26.1. The summed E-state index contributed by atoms with van der Waals surface area (Å²) in [5.74, 6) is -0.0822. The lowest BCUT2D eigenvalue weighted by Crippen LogP contribution is -2.51. The minimum Gasteiger partial charge on any atom is -0.497 e. The fourth-order valence-electron chi connectivity index (χ4n) is 4.01. The van der Waals surface area contributed by atoms with E-state index in [2.05, 4.69) is 5.32 Å². The molecule has 1 atom stereocenters. The van der Waals surface area contributed by atoms with Crippen LogP contribution in [0.5, 0.6) is 5.75 Å². The average Bonchev–Trinajstić information content (AvgIpc) is 2.92. The Hall–Kier alpha value is -3.27.